The number of amides is 1. The number of hydrogen-bond donors (Lipinski definition) is 0. The molecule has 0 radical (unpaired) electrons. The van der Waals surface area contributed by atoms with E-state index in [-0.39, 0.29) is 6.09 Å². The van der Waals surface area contributed by atoms with Crippen LogP contribution in [0.15, 0.2) is 29.4 Å². The summed E-state index contributed by atoms with van der Waals surface area (Å²) in [7, 11) is 0. The molecule has 1 amide bonds. The van der Waals surface area contributed by atoms with Crippen LogP contribution in [0.4, 0.5) is 4.79 Å². The summed E-state index contributed by atoms with van der Waals surface area (Å²) in [6.07, 6.45) is 0.776. The zero-order valence-electron chi connectivity index (χ0n) is 16.7. The second-order valence-corrected chi connectivity index (χ2v) is 9.03. The number of hydrogen-bond acceptors (Lipinski definition) is 5. The van der Waals surface area contributed by atoms with Crippen LogP contribution >= 0.6 is 11.8 Å². The Morgan fingerprint density at radius 3 is 2.70 bits per heavy atom. The molecule has 1 aromatic carbocycles. The van der Waals surface area contributed by atoms with Gasteiger partial charge in [-0.3, -0.25) is 4.57 Å². The number of aromatic nitrogens is 3. The number of ether oxygens (including phenoxy) is 1. The highest BCUT2D eigenvalue weighted by Gasteiger charge is 2.30. The van der Waals surface area contributed by atoms with Crippen LogP contribution in [-0.4, -0.2) is 50.2 Å². The number of nitrogens with zero attached hydrogens (tertiary/aromatic N) is 4. The first-order chi connectivity index (χ1) is 12.7. The van der Waals surface area contributed by atoms with Gasteiger partial charge in [-0.15, -0.1) is 10.2 Å². The van der Waals surface area contributed by atoms with Crippen molar-refractivity contribution >= 4 is 17.9 Å². The summed E-state index contributed by atoms with van der Waals surface area (Å²) in [4.78, 5) is 14.0. The van der Waals surface area contributed by atoms with E-state index in [0.29, 0.717) is 5.92 Å². The maximum absolute atomic E-state index is 12.2. The van der Waals surface area contributed by atoms with E-state index in [4.69, 9.17) is 4.74 Å². The number of rotatable bonds is 4. The summed E-state index contributed by atoms with van der Waals surface area (Å²) in [5.74, 6) is 2.22. The summed E-state index contributed by atoms with van der Waals surface area (Å²) in [5, 5.41) is 9.54. The van der Waals surface area contributed by atoms with Crippen molar-refractivity contribution in [2.45, 2.75) is 51.8 Å². The van der Waals surface area contributed by atoms with Crippen molar-refractivity contribution in [1.29, 1.82) is 0 Å². The third kappa shape index (κ3) is 4.83. The van der Waals surface area contributed by atoms with Gasteiger partial charge in [0, 0.05) is 18.8 Å². The highest BCUT2D eigenvalue weighted by molar-refractivity contribution is 7.99. The van der Waals surface area contributed by atoms with Crippen LogP contribution in [0.2, 0.25) is 0 Å². The van der Waals surface area contributed by atoms with Crippen LogP contribution in [0.5, 0.6) is 0 Å². The molecule has 0 bridgehead atoms. The summed E-state index contributed by atoms with van der Waals surface area (Å²) >= 11 is 1.71. The Bertz CT molecular complexity index is 813. The molecule has 7 heteroatoms. The fraction of sp³-hybridized carbons (Fsp3) is 0.550. The summed E-state index contributed by atoms with van der Waals surface area (Å²) in [6, 6.07) is 8.26. The molecule has 1 atom stereocenters. The molecule has 0 saturated carbocycles. The Morgan fingerprint density at radius 1 is 1.26 bits per heavy atom. The lowest BCUT2D eigenvalue weighted by Gasteiger charge is -2.24. The molecule has 1 aliphatic rings. The number of para-hydroxylation sites is 1. The minimum atomic E-state index is -0.453. The van der Waals surface area contributed by atoms with Crippen LogP contribution in [-0.2, 0) is 4.74 Å². The van der Waals surface area contributed by atoms with E-state index in [1.807, 2.05) is 44.7 Å². The first-order valence-corrected chi connectivity index (χ1v) is 10.3. The minimum absolute atomic E-state index is 0.214. The Morgan fingerprint density at radius 2 is 2.00 bits per heavy atom. The second kappa shape index (κ2) is 7.92. The van der Waals surface area contributed by atoms with Crippen molar-refractivity contribution in [2.24, 2.45) is 5.92 Å². The third-order valence-electron chi connectivity index (χ3n) is 4.54. The van der Waals surface area contributed by atoms with Crippen molar-refractivity contribution in [3.05, 3.63) is 35.7 Å². The SMILES string of the molecule is Cc1ccccc1-n1c(C)nnc1SCC1CCN(C(=O)OC(C)(C)C)C1. The topological polar surface area (TPSA) is 60.2 Å². The van der Waals surface area contributed by atoms with E-state index in [9.17, 15) is 4.79 Å². The number of likely N-dealkylation sites (tertiary alicyclic amines) is 1. The van der Waals surface area contributed by atoms with Gasteiger partial charge in [0.15, 0.2) is 5.16 Å². The number of carbonyl (C=O) groups is 1. The van der Waals surface area contributed by atoms with Crippen LogP contribution in [0.3, 0.4) is 0 Å². The number of thioether (sulfide) groups is 1. The summed E-state index contributed by atoms with van der Waals surface area (Å²) in [6.45, 7) is 11.3. The summed E-state index contributed by atoms with van der Waals surface area (Å²) in [5.41, 5.74) is 1.86. The maximum atomic E-state index is 12.2. The van der Waals surface area contributed by atoms with Gasteiger partial charge >= 0.3 is 6.09 Å². The van der Waals surface area contributed by atoms with E-state index < -0.39 is 5.60 Å². The molecular weight excluding hydrogens is 360 g/mol. The third-order valence-corrected chi connectivity index (χ3v) is 5.70. The first kappa shape index (κ1) is 19.7. The van der Waals surface area contributed by atoms with E-state index in [0.717, 1.165) is 41.9 Å². The van der Waals surface area contributed by atoms with Gasteiger partial charge in [-0.25, -0.2) is 4.79 Å². The second-order valence-electron chi connectivity index (χ2n) is 8.04. The van der Waals surface area contributed by atoms with Gasteiger partial charge in [0.1, 0.15) is 11.4 Å². The smallest absolute Gasteiger partial charge is 0.410 e. The Kier molecular flexibility index (Phi) is 5.79. The lowest BCUT2D eigenvalue weighted by atomic mass is 10.2. The average molecular weight is 389 g/mol. The molecule has 0 aliphatic carbocycles. The predicted octanol–water partition coefficient (Wildman–Crippen LogP) is 4.23. The molecular formula is C20H28N4O2S. The van der Waals surface area contributed by atoms with Crippen molar-refractivity contribution in [2.75, 3.05) is 18.8 Å². The van der Waals surface area contributed by atoms with Crippen molar-refractivity contribution < 1.29 is 9.53 Å². The zero-order chi connectivity index (χ0) is 19.6. The van der Waals surface area contributed by atoms with E-state index in [1.165, 1.54) is 5.56 Å². The Balaban J connectivity index is 1.62. The highest BCUT2D eigenvalue weighted by Crippen LogP contribution is 2.29. The van der Waals surface area contributed by atoms with Gasteiger partial charge in [-0.2, -0.15) is 0 Å². The summed E-state index contributed by atoms with van der Waals surface area (Å²) < 4.78 is 7.59. The molecule has 2 aromatic rings. The van der Waals surface area contributed by atoms with Gasteiger partial charge in [0.25, 0.3) is 0 Å². The Hall–Kier alpha value is -2.02. The molecule has 0 N–H and O–H groups in total. The number of benzene rings is 1. The van der Waals surface area contributed by atoms with Crippen LogP contribution in [0.1, 0.15) is 38.6 Å². The molecule has 1 fully saturated rings. The van der Waals surface area contributed by atoms with Crippen LogP contribution in [0, 0.1) is 19.8 Å². The number of aryl methyl sites for hydroxylation is 2. The van der Waals surface area contributed by atoms with Gasteiger partial charge in [0.2, 0.25) is 0 Å². The van der Waals surface area contributed by atoms with Crippen LogP contribution < -0.4 is 0 Å². The molecule has 1 saturated heterocycles. The fourth-order valence-electron chi connectivity index (χ4n) is 3.18. The molecule has 0 spiro atoms. The largest absolute Gasteiger partial charge is 0.444 e. The van der Waals surface area contributed by atoms with Gasteiger partial charge in [-0.1, -0.05) is 30.0 Å². The predicted molar refractivity (Wildman–Crippen MR) is 107 cm³/mol. The van der Waals surface area contributed by atoms with Gasteiger partial charge in [0.05, 0.1) is 5.69 Å². The van der Waals surface area contributed by atoms with Crippen LogP contribution in [0.25, 0.3) is 5.69 Å². The normalized spacial score (nSPS) is 17.4. The Labute approximate surface area is 165 Å². The lowest BCUT2D eigenvalue weighted by Crippen LogP contribution is -2.35. The first-order valence-electron chi connectivity index (χ1n) is 9.33. The van der Waals surface area contributed by atoms with Crippen molar-refractivity contribution in [1.82, 2.24) is 19.7 Å². The average Bonchev–Trinajstić information content (AvgIpc) is 3.19. The number of carbonyl (C=O) groups excluding carboxylic acids is 1. The monoisotopic (exact) mass is 388 g/mol. The molecule has 1 aromatic heterocycles. The van der Waals surface area contributed by atoms with Crippen molar-refractivity contribution in [3.8, 4) is 5.69 Å². The van der Waals surface area contributed by atoms with Crippen molar-refractivity contribution in [3.63, 3.8) is 0 Å². The molecule has 6 nitrogen and oxygen atoms in total. The fourth-order valence-corrected chi connectivity index (χ4v) is 4.30. The lowest BCUT2D eigenvalue weighted by molar-refractivity contribution is 0.0289. The minimum Gasteiger partial charge on any atom is -0.444 e. The van der Waals surface area contributed by atoms with Gasteiger partial charge in [-0.05, 0) is 58.6 Å². The van der Waals surface area contributed by atoms with Gasteiger partial charge < -0.3 is 9.64 Å². The molecule has 1 unspecified atom stereocenters. The van der Waals surface area contributed by atoms with E-state index >= 15 is 0 Å². The molecule has 146 valence electrons. The van der Waals surface area contributed by atoms with E-state index in [1.54, 1.807) is 11.8 Å². The molecule has 3 rings (SSSR count). The molecule has 27 heavy (non-hydrogen) atoms. The zero-order valence-corrected chi connectivity index (χ0v) is 17.5. The van der Waals surface area contributed by atoms with E-state index in [2.05, 4.69) is 33.8 Å². The quantitative estimate of drug-likeness (QED) is 0.734. The maximum Gasteiger partial charge on any atom is 0.410 e. The molecule has 2 heterocycles. The standard InChI is InChI=1S/C20H28N4O2S/c1-14-8-6-7-9-17(14)24-15(2)21-22-18(24)27-13-16-10-11-23(12-16)19(25)26-20(3,4)5/h6-9,16H,10-13H2,1-5H3. The highest BCUT2D eigenvalue weighted by atomic mass is 32.2. The molecule has 1 aliphatic heterocycles.